The monoisotopic (exact) mass is 350 g/mol. The van der Waals surface area contributed by atoms with Crippen molar-refractivity contribution in [2.75, 3.05) is 6.73 Å². The molecule has 0 spiro atoms. The summed E-state index contributed by atoms with van der Waals surface area (Å²) in [6, 6.07) is 14.3. The number of ether oxygens (including phenoxy) is 1. The Morgan fingerprint density at radius 2 is 1.96 bits per heavy atom. The molecule has 4 nitrogen and oxygen atoms in total. The van der Waals surface area contributed by atoms with E-state index in [0.29, 0.717) is 18.4 Å². The third kappa shape index (κ3) is 2.80. The summed E-state index contributed by atoms with van der Waals surface area (Å²) in [5.41, 5.74) is 4.33. The minimum Gasteiger partial charge on any atom is -0.444 e. The minimum absolute atomic E-state index is 0.331. The van der Waals surface area contributed by atoms with Crippen molar-refractivity contribution < 1.29 is 14.1 Å². The van der Waals surface area contributed by atoms with E-state index in [1.165, 1.54) is 10.5 Å². The maximum absolute atomic E-state index is 12.2. The number of quaternary nitrogens is 1. The number of hydrogen-bond acceptors (Lipinski definition) is 3. The molecule has 0 radical (unpaired) electrons. The lowest BCUT2D eigenvalue weighted by atomic mass is 9.96. The van der Waals surface area contributed by atoms with E-state index >= 15 is 0 Å². The summed E-state index contributed by atoms with van der Waals surface area (Å²) in [4.78, 5) is 13.6. The van der Waals surface area contributed by atoms with E-state index in [1.807, 2.05) is 37.3 Å². The molecule has 1 aliphatic rings. The zero-order valence-corrected chi connectivity index (χ0v) is 15.5. The summed E-state index contributed by atoms with van der Waals surface area (Å²) in [6.45, 7) is 8.02. The fourth-order valence-electron chi connectivity index (χ4n) is 3.76. The van der Waals surface area contributed by atoms with Gasteiger partial charge in [-0.1, -0.05) is 37.3 Å². The second-order valence-corrected chi connectivity index (χ2v) is 7.14. The first-order chi connectivity index (χ1) is 12.6. The van der Waals surface area contributed by atoms with Gasteiger partial charge in [-0.3, -0.25) is 4.90 Å². The predicted octanol–water partition coefficient (Wildman–Crippen LogP) is 3.30. The van der Waals surface area contributed by atoms with Gasteiger partial charge in [0.2, 0.25) is 6.73 Å². The topological polar surface area (TPSA) is 43.9 Å². The zero-order valence-electron chi connectivity index (χ0n) is 15.5. The molecule has 0 saturated carbocycles. The smallest absolute Gasteiger partial charge is 0.336 e. The van der Waals surface area contributed by atoms with Crippen molar-refractivity contribution in [1.29, 1.82) is 0 Å². The van der Waals surface area contributed by atoms with E-state index in [-0.39, 0.29) is 5.63 Å². The van der Waals surface area contributed by atoms with Crippen molar-refractivity contribution in [2.24, 2.45) is 0 Å². The third-order valence-corrected chi connectivity index (χ3v) is 5.50. The SMILES string of the molecule is CC[C@@H](C)[NH+]1COc2c(cc3c(-c4ccccc4)cc(=O)oc3c2C)C1. The van der Waals surface area contributed by atoms with Crippen LogP contribution in [0.2, 0.25) is 0 Å². The standard InChI is InChI=1S/C22H23NO3/c1-4-14(2)23-12-17-10-19-18(16-8-6-5-7-9-16)11-20(24)26-22(19)15(3)21(17)25-13-23/h5-11,14H,4,12-13H2,1-3H3/p+1/t14-/m1/s1. The van der Waals surface area contributed by atoms with Gasteiger partial charge in [-0.05, 0) is 37.5 Å². The molecule has 4 rings (SSSR count). The molecule has 3 aromatic rings. The number of benzene rings is 2. The molecule has 0 saturated heterocycles. The Kier molecular flexibility index (Phi) is 4.29. The quantitative estimate of drug-likeness (QED) is 0.737. The van der Waals surface area contributed by atoms with Crippen molar-refractivity contribution >= 4 is 11.0 Å². The van der Waals surface area contributed by atoms with Crippen molar-refractivity contribution in [2.45, 2.75) is 39.8 Å². The molecule has 134 valence electrons. The predicted molar refractivity (Wildman–Crippen MR) is 103 cm³/mol. The lowest BCUT2D eigenvalue weighted by Crippen LogP contribution is -3.15. The first kappa shape index (κ1) is 16.9. The second-order valence-electron chi connectivity index (χ2n) is 7.14. The molecule has 2 atom stereocenters. The summed E-state index contributed by atoms with van der Waals surface area (Å²) in [5.74, 6) is 0.873. The molecular weight excluding hydrogens is 326 g/mol. The van der Waals surface area contributed by atoms with E-state index in [9.17, 15) is 4.79 Å². The van der Waals surface area contributed by atoms with Gasteiger partial charge in [0, 0.05) is 22.6 Å². The lowest BCUT2D eigenvalue weighted by Gasteiger charge is -2.31. The Morgan fingerprint density at radius 3 is 2.69 bits per heavy atom. The van der Waals surface area contributed by atoms with Gasteiger partial charge in [0.05, 0.1) is 6.04 Å². The Bertz CT molecular complexity index is 1010. The van der Waals surface area contributed by atoms with Crippen LogP contribution in [0.25, 0.3) is 22.1 Å². The van der Waals surface area contributed by atoms with E-state index in [2.05, 4.69) is 19.9 Å². The van der Waals surface area contributed by atoms with Crippen LogP contribution in [0.4, 0.5) is 0 Å². The van der Waals surface area contributed by atoms with E-state index in [0.717, 1.165) is 40.8 Å². The Labute approximate surface area is 153 Å². The molecule has 2 heterocycles. The van der Waals surface area contributed by atoms with Crippen molar-refractivity contribution in [3.8, 4) is 16.9 Å². The highest BCUT2D eigenvalue weighted by molar-refractivity contribution is 5.96. The molecule has 1 aromatic heterocycles. The number of nitrogens with one attached hydrogen (secondary N) is 1. The van der Waals surface area contributed by atoms with E-state index in [4.69, 9.17) is 9.15 Å². The van der Waals surface area contributed by atoms with Crippen LogP contribution in [-0.2, 0) is 6.54 Å². The molecule has 1 N–H and O–H groups in total. The largest absolute Gasteiger partial charge is 0.444 e. The van der Waals surface area contributed by atoms with Crippen LogP contribution in [0.5, 0.6) is 5.75 Å². The van der Waals surface area contributed by atoms with Gasteiger partial charge in [-0.2, -0.15) is 0 Å². The minimum atomic E-state index is -0.331. The average molecular weight is 350 g/mol. The summed E-state index contributed by atoms with van der Waals surface area (Å²) in [6.07, 6.45) is 1.12. The van der Waals surface area contributed by atoms with Crippen LogP contribution in [-0.4, -0.2) is 12.8 Å². The molecule has 1 aliphatic heterocycles. The molecule has 0 aliphatic carbocycles. The molecule has 0 amide bonds. The lowest BCUT2D eigenvalue weighted by molar-refractivity contribution is -0.954. The number of rotatable bonds is 3. The maximum Gasteiger partial charge on any atom is 0.336 e. The summed E-state index contributed by atoms with van der Waals surface area (Å²) >= 11 is 0. The fraction of sp³-hybridized carbons (Fsp3) is 0.318. The van der Waals surface area contributed by atoms with Gasteiger partial charge in [-0.25, -0.2) is 4.79 Å². The normalized spacial score (nSPS) is 17.6. The van der Waals surface area contributed by atoms with Crippen LogP contribution in [0.15, 0.2) is 51.7 Å². The average Bonchev–Trinajstić information content (AvgIpc) is 2.68. The number of aryl methyl sites for hydroxylation is 1. The fourth-order valence-corrected chi connectivity index (χ4v) is 3.76. The second kappa shape index (κ2) is 6.61. The van der Waals surface area contributed by atoms with Gasteiger partial charge in [0.1, 0.15) is 17.9 Å². The van der Waals surface area contributed by atoms with E-state index < -0.39 is 0 Å². The van der Waals surface area contributed by atoms with Crippen LogP contribution in [0.1, 0.15) is 31.4 Å². The van der Waals surface area contributed by atoms with Crippen molar-refractivity contribution in [3.63, 3.8) is 0 Å². The zero-order chi connectivity index (χ0) is 18.3. The highest BCUT2D eigenvalue weighted by atomic mass is 16.5. The Hall–Kier alpha value is -2.59. The molecule has 2 aromatic carbocycles. The number of fused-ring (bicyclic) bond motifs is 2. The van der Waals surface area contributed by atoms with Crippen LogP contribution in [0, 0.1) is 6.92 Å². The van der Waals surface area contributed by atoms with Gasteiger partial charge < -0.3 is 9.15 Å². The van der Waals surface area contributed by atoms with Crippen molar-refractivity contribution in [3.05, 3.63) is 64.0 Å². The summed E-state index contributed by atoms with van der Waals surface area (Å²) in [7, 11) is 0. The van der Waals surface area contributed by atoms with Crippen molar-refractivity contribution in [1.82, 2.24) is 0 Å². The van der Waals surface area contributed by atoms with Gasteiger partial charge in [0.15, 0.2) is 0 Å². The van der Waals surface area contributed by atoms with Crippen LogP contribution >= 0.6 is 0 Å². The molecular formula is C22H24NO3+. The first-order valence-electron chi connectivity index (χ1n) is 9.21. The van der Waals surface area contributed by atoms with Gasteiger partial charge in [0.25, 0.3) is 0 Å². The van der Waals surface area contributed by atoms with Gasteiger partial charge in [-0.15, -0.1) is 0 Å². The molecule has 0 bridgehead atoms. The Morgan fingerprint density at radius 1 is 1.19 bits per heavy atom. The molecule has 4 heteroatoms. The molecule has 26 heavy (non-hydrogen) atoms. The van der Waals surface area contributed by atoms with Gasteiger partial charge >= 0.3 is 5.63 Å². The third-order valence-electron chi connectivity index (χ3n) is 5.50. The van der Waals surface area contributed by atoms with Crippen LogP contribution < -0.4 is 15.3 Å². The highest BCUT2D eigenvalue weighted by Crippen LogP contribution is 2.36. The summed E-state index contributed by atoms with van der Waals surface area (Å²) in [5, 5.41) is 0.973. The highest BCUT2D eigenvalue weighted by Gasteiger charge is 2.27. The number of hydrogen-bond donors (Lipinski definition) is 1. The first-order valence-corrected chi connectivity index (χ1v) is 9.21. The molecule has 0 fully saturated rings. The Balaban J connectivity index is 1.93. The van der Waals surface area contributed by atoms with E-state index in [1.54, 1.807) is 6.07 Å². The molecule has 1 unspecified atom stereocenters. The van der Waals surface area contributed by atoms with Crippen LogP contribution in [0.3, 0.4) is 0 Å². The summed E-state index contributed by atoms with van der Waals surface area (Å²) < 4.78 is 11.7. The maximum atomic E-state index is 12.2.